The highest BCUT2D eigenvalue weighted by Gasteiger charge is 2.12. The van der Waals surface area contributed by atoms with Crippen molar-refractivity contribution in [2.75, 3.05) is 0 Å². The maximum absolute atomic E-state index is 12.1. The number of imidazole rings is 1. The first kappa shape index (κ1) is 11.6. The molecule has 2 N–H and O–H groups in total. The zero-order valence-electron chi connectivity index (χ0n) is 10.2. The van der Waals surface area contributed by atoms with Crippen LogP contribution in [-0.2, 0) is 13.0 Å². The fourth-order valence-corrected chi connectivity index (χ4v) is 1.76. The minimum absolute atomic E-state index is 0.236. The average molecular weight is 236 g/mol. The molecule has 17 heavy (non-hydrogen) atoms. The molecule has 2 heterocycles. The quantitative estimate of drug-likeness (QED) is 0.819. The number of hydrogen-bond donors (Lipinski definition) is 2. The van der Waals surface area contributed by atoms with Crippen LogP contribution >= 0.6 is 0 Å². The maximum Gasteiger partial charge on any atom is 0.330 e. The summed E-state index contributed by atoms with van der Waals surface area (Å²) in [4.78, 5) is 33.5. The molecule has 0 bridgehead atoms. The Bertz CT molecular complexity index is 648. The number of rotatable bonds is 3. The van der Waals surface area contributed by atoms with E-state index in [1.165, 1.54) is 4.57 Å². The number of aromatic amines is 2. The first-order chi connectivity index (χ1) is 8.02. The van der Waals surface area contributed by atoms with E-state index in [0.717, 1.165) is 0 Å². The van der Waals surface area contributed by atoms with E-state index in [0.29, 0.717) is 30.0 Å². The molecule has 0 unspecified atom stereocenters. The van der Waals surface area contributed by atoms with E-state index in [1.807, 2.05) is 20.8 Å². The number of nitrogens with zero attached hydrogens (tertiary/aromatic N) is 2. The number of aromatic nitrogens is 4. The normalized spacial score (nSPS) is 11.5. The van der Waals surface area contributed by atoms with Gasteiger partial charge in [-0.15, -0.1) is 0 Å². The van der Waals surface area contributed by atoms with Crippen molar-refractivity contribution in [3.63, 3.8) is 0 Å². The van der Waals surface area contributed by atoms with Gasteiger partial charge in [0.05, 0.1) is 0 Å². The lowest BCUT2D eigenvalue weighted by atomic mass is 10.2. The van der Waals surface area contributed by atoms with E-state index in [-0.39, 0.29) is 11.5 Å². The predicted octanol–water partition coefficient (Wildman–Crippen LogP) is 0.631. The fraction of sp³-hybridized carbons (Fsp3) is 0.545. The van der Waals surface area contributed by atoms with Crippen LogP contribution in [0.4, 0.5) is 0 Å². The van der Waals surface area contributed by atoms with Gasteiger partial charge >= 0.3 is 5.69 Å². The first-order valence-corrected chi connectivity index (χ1v) is 5.74. The smallest absolute Gasteiger partial charge is 0.330 e. The van der Waals surface area contributed by atoms with Crippen molar-refractivity contribution in [3.8, 4) is 0 Å². The molecule has 0 radical (unpaired) electrons. The first-order valence-electron chi connectivity index (χ1n) is 5.74. The number of fused-ring (bicyclic) bond motifs is 1. The lowest BCUT2D eigenvalue weighted by Crippen LogP contribution is -2.36. The van der Waals surface area contributed by atoms with Crippen LogP contribution in [0.15, 0.2) is 9.59 Å². The standard InChI is InChI=1S/C11H16N4O2/c1-4-7-12-8-9(13-7)14-11(17)15(10(8)16)5-6(2)3/h6H,4-5H2,1-3H3,(H,12,13)(H,14,17). The summed E-state index contributed by atoms with van der Waals surface area (Å²) in [6, 6.07) is 0. The van der Waals surface area contributed by atoms with E-state index in [9.17, 15) is 9.59 Å². The molecule has 0 aliphatic rings. The van der Waals surface area contributed by atoms with Gasteiger partial charge in [0.1, 0.15) is 11.3 Å². The highest BCUT2D eigenvalue weighted by atomic mass is 16.2. The summed E-state index contributed by atoms with van der Waals surface area (Å²) in [5.74, 6) is 0.940. The van der Waals surface area contributed by atoms with Crippen LogP contribution in [-0.4, -0.2) is 19.5 Å². The third kappa shape index (κ3) is 2.02. The van der Waals surface area contributed by atoms with E-state index in [4.69, 9.17) is 0 Å². The molecular formula is C11H16N4O2. The zero-order valence-corrected chi connectivity index (χ0v) is 10.2. The van der Waals surface area contributed by atoms with Crippen molar-refractivity contribution in [1.82, 2.24) is 19.5 Å². The Kier molecular flexibility index (Phi) is 2.87. The summed E-state index contributed by atoms with van der Waals surface area (Å²) in [5, 5.41) is 0. The van der Waals surface area contributed by atoms with E-state index in [1.54, 1.807) is 0 Å². The SMILES string of the molecule is CCc1nc2[nH]c(=O)n(CC(C)C)c(=O)c2[nH]1. The molecule has 0 amide bonds. The Balaban J connectivity index is 2.70. The summed E-state index contributed by atoms with van der Waals surface area (Å²) in [5.41, 5.74) is 0.0222. The second kappa shape index (κ2) is 4.20. The highest BCUT2D eigenvalue weighted by Crippen LogP contribution is 2.03. The molecule has 2 aromatic rings. The summed E-state index contributed by atoms with van der Waals surface area (Å²) in [6.45, 7) is 6.26. The minimum Gasteiger partial charge on any atom is -0.336 e. The number of hydrogen-bond acceptors (Lipinski definition) is 3. The number of H-pyrrole nitrogens is 2. The maximum atomic E-state index is 12.1. The van der Waals surface area contributed by atoms with Gasteiger partial charge in [-0.1, -0.05) is 20.8 Å². The van der Waals surface area contributed by atoms with Gasteiger partial charge in [-0.2, -0.15) is 0 Å². The van der Waals surface area contributed by atoms with Crippen molar-refractivity contribution < 1.29 is 0 Å². The van der Waals surface area contributed by atoms with Crippen molar-refractivity contribution in [3.05, 3.63) is 26.7 Å². The second-order valence-corrected chi connectivity index (χ2v) is 4.50. The lowest BCUT2D eigenvalue weighted by Gasteiger charge is -2.06. The Morgan fingerprint density at radius 2 is 2.00 bits per heavy atom. The van der Waals surface area contributed by atoms with Gasteiger partial charge < -0.3 is 4.98 Å². The van der Waals surface area contributed by atoms with Gasteiger partial charge in [0.25, 0.3) is 5.56 Å². The molecule has 6 nitrogen and oxygen atoms in total. The van der Waals surface area contributed by atoms with Gasteiger partial charge in [-0.05, 0) is 5.92 Å². The topological polar surface area (TPSA) is 83.5 Å². The molecule has 0 aliphatic carbocycles. The third-order valence-corrected chi connectivity index (χ3v) is 2.56. The Labute approximate surface area is 97.7 Å². The van der Waals surface area contributed by atoms with Gasteiger partial charge in [0, 0.05) is 13.0 Å². The Hall–Kier alpha value is -1.85. The molecule has 6 heteroatoms. The third-order valence-electron chi connectivity index (χ3n) is 2.56. The largest absolute Gasteiger partial charge is 0.336 e. The summed E-state index contributed by atoms with van der Waals surface area (Å²) < 4.78 is 1.21. The molecule has 2 aromatic heterocycles. The van der Waals surface area contributed by atoms with Gasteiger partial charge in [0.15, 0.2) is 5.65 Å². The fourth-order valence-electron chi connectivity index (χ4n) is 1.76. The molecule has 0 atom stereocenters. The second-order valence-electron chi connectivity index (χ2n) is 4.50. The molecule has 92 valence electrons. The van der Waals surface area contributed by atoms with Crippen LogP contribution in [0.2, 0.25) is 0 Å². The summed E-state index contributed by atoms with van der Waals surface area (Å²) in [7, 11) is 0. The van der Waals surface area contributed by atoms with Gasteiger partial charge in [0.2, 0.25) is 0 Å². The van der Waals surface area contributed by atoms with Crippen LogP contribution in [0, 0.1) is 5.92 Å². The van der Waals surface area contributed by atoms with E-state index >= 15 is 0 Å². The van der Waals surface area contributed by atoms with Crippen LogP contribution in [0.25, 0.3) is 11.2 Å². The van der Waals surface area contributed by atoms with Gasteiger partial charge in [-0.25, -0.2) is 9.78 Å². The number of nitrogens with one attached hydrogen (secondary N) is 2. The molecule has 0 aliphatic heterocycles. The van der Waals surface area contributed by atoms with Crippen LogP contribution in [0.5, 0.6) is 0 Å². The Morgan fingerprint density at radius 3 is 2.59 bits per heavy atom. The molecule has 0 saturated heterocycles. The summed E-state index contributed by atoms with van der Waals surface area (Å²) >= 11 is 0. The monoisotopic (exact) mass is 236 g/mol. The molecule has 0 aromatic carbocycles. The van der Waals surface area contributed by atoms with Crippen molar-refractivity contribution in [2.24, 2.45) is 5.92 Å². The molecule has 0 fully saturated rings. The highest BCUT2D eigenvalue weighted by molar-refractivity contribution is 5.68. The van der Waals surface area contributed by atoms with Crippen molar-refractivity contribution in [1.29, 1.82) is 0 Å². The molecule has 2 rings (SSSR count). The van der Waals surface area contributed by atoms with Crippen LogP contribution in [0.3, 0.4) is 0 Å². The van der Waals surface area contributed by atoms with E-state index in [2.05, 4.69) is 15.0 Å². The van der Waals surface area contributed by atoms with E-state index < -0.39 is 5.69 Å². The van der Waals surface area contributed by atoms with Crippen molar-refractivity contribution in [2.45, 2.75) is 33.7 Å². The van der Waals surface area contributed by atoms with Crippen LogP contribution < -0.4 is 11.2 Å². The predicted molar refractivity (Wildman–Crippen MR) is 65.2 cm³/mol. The lowest BCUT2D eigenvalue weighted by molar-refractivity contribution is 0.495. The average Bonchev–Trinajstić information content (AvgIpc) is 2.67. The molecule has 0 saturated carbocycles. The summed E-state index contributed by atoms with van der Waals surface area (Å²) in [6.07, 6.45) is 0.695. The number of aryl methyl sites for hydroxylation is 1. The van der Waals surface area contributed by atoms with Crippen LogP contribution in [0.1, 0.15) is 26.6 Å². The van der Waals surface area contributed by atoms with Crippen molar-refractivity contribution >= 4 is 11.2 Å². The zero-order chi connectivity index (χ0) is 12.6. The van der Waals surface area contributed by atoms with Gasteiger partial charge in [-0.3, -0.25) is 14.3 Å². The molecular weight excluding hydrogens is 220 g/mol. The Morgan fingerprint density at radius 1 is 1.29 bits per heavy atom. The minimum atomic E-state index is -0.398. The molecule has 0 spiro atoms.